The molecule has 4 N–H and O–H groups in total. The number of thioether (sulfide) groups is 1. The SMILES string of the molecule is CNC(=O)C1=C2SC[C@@](C)(O)N2C(N)=C(C#N)[C@H]1c1ccccc1. The summed E-state index contributed by atoms with van der Waals surface area (Å²) in [5, 5.41) is 23.6. The van der Waals surface area contributed by atoms with Gasteiger partial charge in [0.2, 0.25) is 0 Å². The molecule has 0 bridgehead atoms. The van der Waals surface area contributed by atoms with Gasteiger partial charge in [-0.15, -0.1) is 11.8 Å². The minimum absolute atomic E-state index is 0.198. The second kappa shape index (κ2) is 5.89. The molecule has 1 fully saturated rings. The van der Waals surface area contributed by atoms with Gasteiger partial charge in [0.25, 0.3) is 5.91 Å². The topological polar surface area (TPSA) is 102 Å². The summed E-state index contributed by atoms with van der Waals surface area (Å²) in [6.07, 6.45) is 0. The number of nitriles is 1. The Bertz CT molecular complexity index is 793. The fourth-order valence-electron chi connectivity index (χ4n) is 3.12. The van der Waals surface area contributed by atoms with Gasteiger partial charge in [-0.1, -0.05) is 30.3 Å². The molecule has 0 aromatic heterocycles. The Morgan fingerprint density at radius 1 is 1.50 bits per heavy atom. The normalized spacial score (nSPS) is 26.2. The Labute approximate surface area is 144 Å². The van der Waals surface area contributed by atoms with Crippen molar-refractivity contribution in [3.63, 3.8) is 0 Å². The van der Waals surface area contributed by atoms with E-state index in [4.69, 9.17) is 5.73 Å². The van der Waals surface area contributed by atoms with Crippen LogP contribution in [0.1, 0.15) is 18.4 Å². The molecule has 0 radical (unpaired) electrons. The first-order valence-corrected chi connectivity index (χ1v) is 8.47. The smallest absolute Gasteiger partial charge is 0.250 e. The van der Waals surface area contributed by atoms with Crippen molar-refractivity contribution in [2.45, 2.75) is 18.6 Å². The van der Waals surface area contributed by atoms with E-state index in [0.717, 1.165) is 5.56 Å². The molecule has 24 heavy (non-hydrogen) atoms. The highest BCUT2D eigenvalue weighted by Crippen LogP contribution is 2.50. The molecule has 2 aliphatic rings. The molecule has 0 saturated carbocycles. The number of nitrogens with two attached hydrogens (primary N) is 1. The van der Waals surface area contributed by atoms with E-state index in [2.05, 4.69) is 11.4 Å². The second-order valence-electron chi connectivity index (χ2n) is 5.89. The van der Waals surface area contributed by atoms with Crippen LogP contribution in [0.5, 0.6) is 0 Å². The highest BCUT2D eigenvalue weighted by Gasteiger charge is 2.48. The lowest BCUT2D eigenvalue weighted by Gasteiger charge is -2.38. The van der Waals surface area contributed by atoms with Gasteiger partial charge in [-0.3, -0.25) is 9.69 Å². The quantitative estimate of drug-likeness (QED) is 0.746. The van der Waals surface area contributed by atoms with Crippen LogP contribution in [0, 0.1) is 11.3 Å². The number of carbonyl (C=O) groups excluding carboxylic acids is 1. The van der Waals surface area contributed by atoms with E-state index in [1.165, 1.54) is 16.7 Å². The zero-order chi connectivity index (χ0) is 17.5. The Kier molecular flexibility index (Phi) is 4.03. The first-order chi connectivity index (χ1) is 11.4. The maximum absolute atomic E-state index is 12.6. The minimum atomic E-state index is -1.24. The monoisotopic (exact) mass is 342 g/mol. The van der Waals surface area contributed by atoms with Gasteiger partial charge in [0, 0.05) is 12.8 Å². The van der Waals surface area contributed by atoms with Crippen molar-refractivity contribution in [1.82, 2.24) is 10.2 Å². The van der Waals surface area contributed by atoms with Gasteiger partial charge in [0.1, 0.15) is 5.82 Å². The van der Waals surface area contributed by atoms with E-state index in [1.54, 1.807) is 14.0 Å². The van der Waals surface area contributed by atoms with Gasteiger partial charge in [0.15, 0.2) is 5.72 Å². The number of rotatable bonds is 2. The molecule has 0 aliphatic carbocycles. The molecule has 1 amide bonds. The molecule has 0 spiro atoms. The van der Waals surface area contributed by atoms with Gasteiger partial charge < -0.3 is 16.2 Å². The third-order valence-electron chi connectivity index (χ3n) is 4.22. The highest BCUT2D eigenvalue weighted by molar-refractivity contribution is 8.03. The summed E-state index contributed by atoms with van der Waals surface area (Å²) in [6.45, 7) is 1.62. The number of aliphatic hydroxyl groups is 1. The highest BCUT2D eigenvalue weighted by atomic mass is 32.2. The van der Waals surface area contributed by atoms with Crippen LogP contribution in [0.15, 0.2) is 52.3 Å². The summed E-state index contributed by atoms with van der Waals surface area (Å²) >= 11 is 1.37. The van der Waals surface area contributed by atoms with Gasteiger partial charge in [-0.05, 0) is 12.5 Å². The predicted octanol–water partition coefficient (Wildman–Crippen LogP) is 1.19. The number of nitrogens with zero attached hydrogens (tertiary/aromatic N) is 2. The molecule has 1 aromatic rings. The number of benzene rings is 1. The minimum Gasteiger partial charge on any atom is -0.384 e. The first kappa shape index (κ1) is 16.4. The Morgan fingerprint density at radius 3 is 2.75 bits per heavy atom. The number of fused-ring (bicyclic) bond motifs is 1. The van der Waals surface area contributed by atoms with Crippen molar-refractivity contribution < 1.29 is 9.90 Å². The molecular formula is C17H18N4O2S. The summed E-state index contributed by atoms with van der Waals surface area (Å²) < 4.78 is 0. The molecular weight excluding hydrogens is 324 g/mol. The maximum atomic E-state index is 12.6. The molecule has 1 saturated heterocycles. The van der Waals surface area contributed by atoms with Crippen LogP contribution in [-0.2, 0) is 4.79 Å². The standard InChI is InChI=1S/C17H18N4O2S/c1-17(23)9-24-16-13(15(22)20-2)12(10-6-4-3-5-7-10)11(8-18)14(19)21(16)17/h3-7,12,23H,9,19H2,1-2H3,(H,20,22)/t12-,17-/m1/s1. The van der Waals surface area contributed by atoms with Crippen molar-refractivity contribution in [3.05, 3.63) is 57.9 Å². The molecule has 7 heteroatoms. The molecule has 2 heterocycles. The fraction of sp³-hybridized carbons (Fsp3) is 0.294. The summed E-state index contributed by atoms with van der Waals surface area (Å²) in [6, 6.07) is 11.5. The number of amides is 1. The molecule has 124 valence electrons. The van der Waals surface area contributed by atoms with Gasteiger partial charge >= 0.3 is 0 Å². The number of hydrogen-bond acceptors (Lipinski definition) is 6. The third kappa shape index (κ3) is 2.35. The lowest BCUT2D eigenvalue weighted by atomic mass is 9.82. The number of carbonyl (C=O) groups is 1. The van der Waals surface area contributed by atoms with E-state index < -0.39 is 11.6 Å². The summed E-state index contributed by atoms with van der Waals surface area (Å²) in [5.74, 6) is -0.272. The Hall–Kier alpha value is -2.43. The van der Waals surface area contributed by atoms with Crippen molar-refractivity contribution in [3.8, 4) is 6.07 Å². The lowest BCUT2D eigenvalue weighted by Crippen LogP contribution is -2.47. The fourth-order valence-corrected chi connectivity index (χ4v) is 4.45. The van der Waals surface area contributed by atoms with Crippen LogP contribution in [0.25, 0.3) is 0 Å². The molecule has 2 atom stereocenters. The molecule has 1 aromatic carbocycles. The number of hydrogen-bond donors (Lipinski definition) is 3. The number of allylic oxidation sites excluding steroid dienone is 1. The zero-order valence-corrected chi connectivity index (χ0v) is 14.2. The van der Waals surface area contributed by atoms with Crippen molar-refractivity contribution in [1.29, 1.82) is 5.26 Å². The molecule has 3 rings (SSSR count). The average Bonchev–Trinajstić information content (AvgIpc) is 2.90. The van der Waals surface area contributed by atoms with Gasteiger partial charge in [-0.2, -0.15) is 5.26 Å². The summed E-state index contributed by atoms with van der Waals surface area (Å²) in [4.78, 5) is 14.1. The Morgan fingerprint density at radius 2 is 2.17 bits per heavy atom. The summed E-state index contributed by atoms with van der Waals surface area (Å²) in [7, 11) is 1.55. The van der Waals surface area contributed by atoms with Crippen LogP contribution < -0.4 is 11.1 Å². The van der Waals surface area contributed by atoms with E-state index in [0.29, 0.717) is 16.4 Å². The van der Waals surface area contributed by atoms with Crippen LogP contribution in [0.3, 0.4) is 0 Å². The molecule has 0 unspecified atom stereocenters. The largest absolute Gasteiger partial charge is 0.384 e. The Balaban J connectivity index is 2.29. The van der Waals surface area contributed by atoms with E-state index in [-0.39, 0.29) is 17.3 Å². The molecule has 2 aliphatic heterocycles. The lowest BCUT2D eigenvalue weighted by molar-refractivity contribution is -0.117. The van der Waals surface area contributed by atoms with Crippen LogP contribution in [-0.4, -0.2) is 34.4 Å². The average molecular weight is 342 g/mol. The van der Waals surface area contributed by atoms with E-state index in [9.17, 15) is 15.2 Å². The maximum Gasteiger partial charge on any atom is 0.250 e. The van der Waals surface area contributed by atoms with Crippen molar-refractivity contribution in [2.75, 3.05) is 12.8 Å². The first-order valence-electron chi connectivity index (χ1n) is 7.48. The van der Waals surface area contributed by atoms with E-state index in [1.807, 2.05) is 30.3 Å². The van der Waals surface area contributed by atoms with Crippen LogP contribution >= 0.6 is 11.8 Å². The van der Waals surface area contributed by atoms with Gasteiger partial charge in [-0.25, -0.2) is 0 Å². The third-order valence-corrected chi connectivity index (χ3v) is 5.58. The van der Waals surface area contributed by atoms with Crippen molar-refractivity contribution in [2.24, 2.45) is 5.73 Å². The van der Waals surface area contributed by atoms with E-state index >= 15 is 0 Å². The number of nitrogens with one attached hydrogen (secondary N) is 1. The number of likely N-dealkylation sites (N-methyl/N-ethyl adjacent to an activating group) is 1. The second-order valence-corrected chi connectivity index (χ2v) is 6.86. The van der Waals surface area contributed by atoms with Gasteiger partial charge in [0.05, 0.1) is 28.2 Å². The van der Waals surface area contributed by atoms with Crippen LogP contribution in [0.4, 0.5) is 0 Å². The van der Waals surface area contributed by atoms with Crippen LogP contribution in [0.2, 0.25) is 0 Å². The summed E-state index contributed by atoms with van der Waals surface area (Å²) in [5.41, 5.74) is 6.51. The molecule has 6 nitrogen and oxygen atoms in total. The predicted molar refractivity (Wildman–Crippen MR) is 92.0 cm³/mol. The van der Waals surface area contributed by atoms with Crippen molar-refractivity contribution >= 4 is 17.7 Å². The zero-order valence-electron chi connectivity index (χ0n) is 13.4.